The number of halogens is 3. The summed E-state index contributed by atoms with van der Waals surface area (Å²) in [6.07, 6.45) is -4.59. The van der Waals surface area contributed by atoms with E-state index in [1.165, 1.54) is 12.1 Å². The van der Waals surface area contributed by atoms with Crippen LogP contribution >= 0.6 is 0 Å². The molecule has 1 aromatic carbocycles. The van der Waals surface area contributed by atoms with Gasteiger partial charge in [-0.15, -0.1) is 10.2 Å². The smallest absolute Gasteiger partial charge is 0.408 e. The van der Waals surface area contributed by atoms with Gasteiger partial charge in [0.1, 0.15) is 0 Å². The number of benzene rings is 1. The molecular formula is C9H4F3N3O2. The third-order valence-corrected chi connectivity index (χ3v) is 2.52. The lowest BCUT2D eigenvalue weighted by atomic mass is 10.0. The van der Waals surface area contributed by atoms with Gasteiger partial charge in [0, 0.05) is 5.56 Å². The molecule has 2 heterocycles. The van der Waals surface area contributed by atoms with Crippen molar-refractivity contribution in [2.45, 2.75) is 11.8 Å². The van der Waals surface area contributed by atoms with Crippen LogP contribution in [-0.4, -0.2) is 11.2 Å². The van der Waals surface area contributed by atoms with Gasteiger partial charge in [-0.05, 0) is 12.1 Å². The zero-order valence-corrected chi connectivity index (χ0v) is 8.08. The average Bonchev–Trinajstić information content (AvgIpc) is 2.94. The summed E-state index contributed by atoms with van der Waals surface area (Å²) in [5, 5.41) is 6.12. The lowest BCUT2D eigenvalue weighted by Crippen LogP contribution is -2.29. The maximum absolute atomic E-state index is 12.7. The summed E-state index contributed by atoms with van der Waals surface area (Å²) in [5.74, 6) is -0.720. The monoisotopic (exact) mass is 243 g/mol. The van der Waals surface area contributed by atoms with E-state index in [1.54, 1.807) is 0 Å². The van der Waals surface area contributed by atoms with Crippen LogP contribution in [0.15, 0.2) is 37.6 Å². The molecule has 0 atom stereocenters. The van der Waals surface area contributed by atoms with Crippen LogP contribution in [0.1, 0.15) is 5.56 Å². The molecule has 88 valence electrons. The van der Waals surface area contributed by atoms with Crippen LogP contribution < -0.4 is 5.76 Å². The number of fused-ring (bicyclic) bond motifs is 1. The summed E-state index contributed by atoms with van der Waals surface area (Å²) in [6, 6.07) is 3.65. The van der Waals surface area contributed by atoms with E-state index in [-0.39, 0.29) is 11.1 Å². The molecule has 1 N–H and O–H groups in total. The Morgan fingerprint density at radius 3 is 2.59 bits per heavy atom. The van der Waals surface area contributed by atoms with E-state index in [9.17, 15) is 18.0 Å². The van der Waals surface area contributed by atoms with Gasteiger partial charge in [0.25, 0.3) is 0 Å². The molecule has 0 saturated carbocycles. The van der Waals surface area contributed by atoms with E-state index in [1.807, 2.05) is 0 Å². The zero-order chi connectivity index (χ0) is 12.3. The van der Waals surface area contributed by atoms with Crippen LogP contribution in [0.2, 0.25) is 0 Å². The predicted octanol–water partition coefficient (Wildman–Crippen LogP) is 2.30. The molecule has 8 heteroatoms. The quantitative estimate of drug-likeness (QED) is 0.834. The first-order valence-corrected chi connectivity index (χ1v) is 4.56. The zero-order valence-electron chi connectivity index (χ0n) is 8.08. The highest BCUT2D eigenvalue weighted by atomic mass is 19.4. The van der Waals surface area contributed by atoms with Crippen molar-refractivity contribution in [1.29, 1.82) is 0 Å². The second kappa shape index (κ2) is 2.76. The van der Waals surface area contributed by atoms with Crippen molar-refractivity contribution in [3.63, 3.8) is 0 Å². The molecule has 17 heavy (non-hydrogen) atoms. The molecule has 1 aromatic heterocycles. The highest BCUT2D eigenvalue weighted by molar-refractivity contribution is 5.73. The summed E-state index contributed by atoms with van der Waals surface area (Å²) in [4.78, 5) is 13.2. The Bertz CT molecular complexity index is 677. The fourth-order valence-electron chi connectivity index (χ4n) is 1.60. The molecule has 0 amide bonds. The van der Waals surface area contributed by atoms with Crippen molar-refractivity contribution in [3.8, 4) is 0 Å². The lowest BCUT2D eigenvalue weighted by Gasteiger charge is -2.14. The molecule has 0 bridgehead atoms. The van der Waals surface area contributed by atoms with Crippen LogP contribution in [0, 0.1) is 0 Å². The highest BCUT2D eigenvalue weighted by Crippen LogP contribution is 2.52. The molecule has 1 aliphatic rings. The molecule has 0 spiro atoms. The maximum Gasteiger partial charge on any atom is 0.442 e. The molecule has 1 aliphatic heterocycles. The van der Waals surface area contributed by atoms with Crippen LogP contribution in [0.5, 0.6) is 0 Å². The van der Waals surface area contributed by atoms with Crippen molar-refractivity contribution < 1.29 is 17.6 Å². The van der Waals surface area contributed by atoms with Crippen molar-refractivity contribution in [3.05, 3.63) is 34.3 Å². The summed E-state index contributed by atoms with van der Waals surface area (Å²) < 4.78 is 42.8. The highest BCUT2D eigenvalue weighted by Gasteiger charge is 2.65. The van der Waals surface area contributed by atoms with Crippen LogP contribution in [0.4, 0.5) is 13.2 Å². The minimum Gasteiger partial charge on any atom is -0.408 e. The molecule has 0 saturated heterocycles. The van der Waals surface area contributed by atoms with E-state index in [2.05, 4.69) is 19.6 Å². The van der Waals surface area contributed by atoms with Gasteiger partial charge >= 0.3 is 17.6 Å². The average molecular weight is 243 g/mol. The van der Waals surface area contributed by atoms with Gasteiger partial charge in [0.05, 0.1) is 5.52 Å². The fourth-order valence-corrected chi connectivity index (χ4v) is 1.60. The van der Waals surface area contributed by atoms with Gasteiger partial charge in [0.15, 0.2) is 5.58 Å². The number of aromatic amines is 1. The van der Waals surface area contributed by atoms with Gasteiger partial charge in [-0.2, -0.15) is 13.2 Å². The first-order chi connectivity index (χ1) is 7.92. The Hall–Kier alpha value is -2.12. The van der Waals surface area contributed by atoms with Gasteiger partial charge < -0.3 is 4.42 Å². The number of alkyl halides is 3. The molecule has 0 radical (unpaired) electrons. The molecule has 0 fully saturated rings. The number of aromatic nitrogens is 1. The van der Waals surface area contributed by atoms with Crippen molar-refractivity contribution in [2.24, 2.45) is 10.2 Å². The third-order valence-electron chi connectivity index (χ3n) is 2.52. The van der Waals surface area contributed by atoms with Crippen molar-refractivity contribution >= 4 is 11.1 Å². The summed E-state index contributed by atoms with van der Waals surface area (Å²) >= 11 is 0. The minimum atomic E-state index is -4.59. The first kappa shape index (κ1) is 10.1. The maximum atomic E-state index is 12.7. The van der Waals surface area contributed by atoms with Crippen LogP contribution in [0.3, 0.4) is 0 Å². The van der Waals surface area contributed by atoms with E-state index in [4.69, 9.17) is 0 Å². The topological polar surface area (TPSA) is 70.7 Å². The molecule has 5 nitrogen and oxygen atoms in total. The van der Waals surface area contributed by atoms with Gasteiger partial charge in [-0.3, -0.25) is 4.98 Å². The largest absolute Gasteiger partial charge is 0.442 e. The number of H-pyrrole nitrogens is 1. The number of hydrogen-bond acceptors (Lipinski definition) is 4. The Morgan fingerprint density at radius 2 is 2.00 bits per heavy atom. The van der Waals surface area contributed by atoms with Gasteiger partial charge in [0.2, 0.25) is 0 Å². The Labute approximate surface area is 91.0 Å². The van der Waals surface area contributed by atoms with E-state index in [0.29, 0.717) is 5.52 Å². The van der Waals surface area contributed by atoms with Crippen LogP contribution in [0.25, 0.3) is 11.1 Å². The second-order valence-electron chi connectivity index (χ2n) is 3.60. The summed E-state index contributed by atoms with van der Waals surface area (Å²) in [5.41, 5.74) is -2.28. The third kappa shape index (κ3) is 1.30. The number of nitrogens with zero attached hydrogens (tertiary/aromatic N) is 2. The molecule has 0 aliphatic carbocycles. The van der Waals surface area contributed by atoms with E-state index >= 15 is 0 Å². The number of hydrogen-bond donors (Lipinski definition) is 1. The number of rotatable bonds is 1. The molecule has 0 unspecified atom stereocenters. The second-order valence-corrected chi connectivity index (χ2v) is 3.60. The Balaban J connectivity index is 2.16. The SMILES string of the molecule is O=c1[nH]c2ccc(C3(C(F)(F)F)N=N3)cc2o1. The normalized spacial score (nSPS) is 17.6. The van der Waals surface area contributed by atoms with Crippen molar-refractivity contribution in [2.75, 3.05) is 0 Å². The van der Waals surface area contributed by atoms with E-state index < -0.39 is 17.6 Å². The molecule has 3 rings (SSSR count). The lowest BCUT2D eigenvalue weighted by molar-refractivity contribution is -0.166. The van der Waals surface area contributed by atoms with E-state index in [0.717, 1.165) is 6.07 Å². The molecule has 2 aromatic rings. The Morgan fingerprint density at radius 1 is 1.29 bits per heavy atom. The summed E-state index contributed by atoms with van der Waals surface area (Å²) in [6.45, 7) is 0. The molecular weight excluding hydrogens is 239 g/mol. The first-order valence-electron chi connectivity index (χ1n) is 4.56. The Kier molecular flexibility index (Phi) is 1.63. The standard InChI is InChI=1S/C9H4F3N3O2/c10-9(11,12)8(14-15-8)4-1-2-5-6(3-4)17-7(16)13-5/h1-3H,(H,13,16). The van der Waals surface area contributed by atoms with Gasteiger partial charge in [-0.1, -0.05) is 6.07 Å². The number of nitrogens with one attached hydrogen (secondary N) is 1. The fraction of sp³-hybridized carbons (Fsp3) is 0.222. The van der Waals surface area contributed by atoms with Crippen LogP contribution in [-0.2, 0) is 5.66 Å². The van der Waals surface area contributed by atoms with Gasteiger partial charge in [-0.25, -0.2) is 4.79 Å². The number of oxazole rings is 1. The predicted molar refractivity (Wildman–Crippen MR) is 49.4 cm³/mol. The minimum absolute atomic E-state index is 0.0495. The van der Waals surface area contributed by atoms with Crippen molar-refractivity contribution in [1.82, 2.24) is 4.98 Å². The summed E-state index contributed by atoms with van der Waals surface area (Å²) in [7, 11) is 0.